The smallest absolute Gasteiger partial charge is 0.151 e. The van der Waals surface area contributed by atoms with Crippen LogP contribution in [-0.2, 0) is 13.1 Å². The summed E-state index contributed by atoms with van der Waals surface area (Å²) >= 11 is 0. The van der Waals surface area contributed by atoms with E-state index in [9.17, 15) is 0 Å². The number of rotatable bonds is 3. The molecule has 6 heteroatoms. The van der Waals surface area contributed by atoms with Crippen LogP contribution in [0.1, 0.15) is 25.1 Å². The third-order valence-corrected chi connectivity index (χ3v) is 4.65. The average Bonchev–Trinajstić information content (AvgIpc) is 3.33. The minimum atomic E-state index is 0.494. The van der Waals surface area contributed by atoms with Crippen LogP contribution in [0.25, 0.3) is 16.7 Å². The Kier molecular flexibility index (Phi) is 4.95. The van der Waals surface area contributed by atoms with E-state index in [1.165, 1.54) is 17.6 Å². The summed E-state index contributed by atoms with van der Waals surface area (Å²) in [5.41, 5.74) is 11.4. The van der Waals surface area contributed by atoms with E-state index < -0.39 is 0 Å². The molecule has 142 valence electrons. The van der Waals surface area contributed by atoms with Gasteiger partial charge in [-0.15, -0.1) is 0 Å². The van der Waals surface area contributed by atoms with Crippen molar-refractivity contribution in [3.05, 3.63) is 72.2 Å². The molecule has 2 aromatic heterocycles. The Morgan fingerprint density at radius 3 is 2.39 bits per heavy atom. The van der Waals surface area contributed by atoms with Crippen molar-refractivity contribution in [3.8, 4) is 17.2 Å². The Morgan fingerprint density at radius 2 is 1.64 bits per heavy atom. The maximum atomic E-state index is 6.17. The fourth-order valence-electron chi connectivity index (χ4n) is 3.49. The van der Waals surface area contributed by atoms with Gasteiger partial charge in [0, 0.05) is 30.0 Å². The second-order valence-corrected chi connectivity index (χ2v) is 6.23. The van der Waals surface area contributed by atoms with E-state index in [1.807, 2.05) is 68.4 Å². The van der Waals surface area contributed by atoms with Crippen LogP contribution in [0.5, 0.6) is 11.5 Å². The minimum Gasteiger partial charge on any atom is -0.457 e. The molecule has 28 heavy (non-hydrogen) atoms. The van der Waals surface area contributed by atoms with Crippen LogP contribution in [-0.4, -0.2) is 14.5 Å². The van der Waals surface area contributed by atoms with Crippen LogP contribution in [0, 0.1) is 0 Å². The zero-order chi connectivity index (χ0) is 19.5. The second kappa shape index (κ2) is 7.70. The molecule has 0 saturated heterocycles. The van der Waals surface area contributed by atoms with Gasteiger partial charge >= 0.3 is 0 Å². The lowest BCUT2D eigenvalue weighted by molar-refractivity contribution is 0.482. The molecular weight excluding hydrogens is 350 g/mol. The van der Waals surface area contributed by atoms with E-state index in [0.717, 1.165) is 41.3 Å². The first-order chi connectivity index (χ1) is 13.8. The molecular formula is C22H23N5O. The highest BCUT2D eigenvalue weighted by Crippen LogP contribution is 2.34. The summed E-state index contributed by atoms with van der Waals surface area (Å²) in [7, 11) is 0. The molecule has 0 amide bonds. The molecule has 4 aromatic rings. The first-order valence-corrected chi connectivity index (χ1v) is 9.48. The first kappa shape index (κ1) is 18.0. The molecule has 2 aromatic carbocycles. The van der Waals surface area contributed by atoms with Crippen LogP contribution < -0.4 is 15.8 Å². The lowest BCUT2D eigenvalue weighted by atomic mass is 10.2. The molecule has 5 rings (SSSR count). The quantitative estimate of drug-likeness (QED) is 0.556. The van der Waals surface area contributed by atoms with Crippen molar-refractivity contribution < 1.29 is 4.74 Å². The van der Waals surface area contributed by atoms with Crippen LogP contribution >= 0.6 is 0 Å². The number of anilines is 1. The molecule has 1 aliphatic rings. The number of aromatic nitrogens is 3. The van der Waals surface area contributed by atoms with Gasteiger partial charge in [0.2, 0.25) is 0 Å². The molecule has 0 unspecified atom stereocenters. The lowest BCUT2D eigenvalue weighted by Crippen LogP contribution is -2.08. The van der Waals surface area contributed by atoms with E-state index in [1.54, 1.807) is 0 Å². The van der Waals surface area contributed by atoms with Crippen molar-refractivity contribution >= 4 is 16.9 Å². The maximum absolute atomic E-state index is 6.17. The fraction of sp³-hybridized carbons (Fsp3) is 0.182. The van der Waals surface area contributed by atoms with Gasteiger partial charge in [0.1, 0.15) is 23.3 Å². The molecule has 6 nitrogen and oxygen atoms in total. The van der Waals surface area contributed by atoms with E-state index in [0.29, 0.717) is 5.82 Å². The van der Waals surface area contributed by atoms with Gasteiger partial charge in [0.25, 0.3) is 0 Å². The second-order valence-electron chi connectivity index (χ2n) is 6.23. The number of hydrogen-bond acceptors (Lipinski definition) is 5. The average molecular weight is 373 g/mol. The molecule has 0 fully saturated rings. The highest BCUT2D eigenvalue weighted by molar-refractivity contribution is 5.91. The number of nitrogens with zero attached hydrogens (tertiary/aromatic N) is 3. The van der Waals surface area contributed by atoms with Gasteiger partial charge in [-0.25, -0.2) is 9.97 Å². The van der Waals surface area contributed by atoms with Crippen LogP contribution in [0.3, 0.4) is 0 Å². The standard InChI is InChI=1S/C20H17N5O.C2H6/c21-20-19-18(23-12-24-20)16-10-22-11-17(16)25(19)13-6-8-15(9-7-13)26-14-4-2-1-3-5-14;1-2/h1-9,12,22H,10-11H2,(H2,21,23,24);1-2H3. The molecule has 0 bridgehead atoms. The molecule has 0 spiro atoms. The predicted molar refractivity (Wildman–Crippen MR) is 112 cm³/mol. The highest BCUT2D eigenvalue weighted by atomic mass is 16.5. The van der Waals surface area contributed by atoms with E-state index >= 15 is 0 Å². The number of fused-ring (bicyclic) bond motifs is 3. The van der Waals surface area contributed by atoms with Crippen molar-refractivity contribution in [3.63, 3.8) is 0 Å². The maximum Gasteiger partial charge on any atom is 0.151 e. The van der Waals surface area contributed by atoms with Crippen molar-refractivity contribution in [2.24, 2.45) is 0 Å². The van der Waals surface area contributed by atoms with Crippen molar-refractivity contribution in [1.82, 2.24) is 19.9 Å². The minimum absolute atomic E-state index is 0.494. The van der Waals surface area contributed by atoms with E-state index in [4.69, 9.17) is 10.5 Å². The first-order valence-electron chi connectivity index (χ1n) is 9.48. The Morgan fingerprint density at radius 1 is 0.929 bits per heavy atom. The van der Waals surface area contributed by atoms with Gasteiger partial charge in [0.15, 0.2) is 5.82 Å². The number of benzene rings is 2. The van der Waals surface area contributed by atoms with Gasteiger partial charge in [0.05, 0.1) is 5.52 Å². The highest BCUT2D eigenvalue weighted by Gasteiger charge is 2.24. The molecule has 3 N–H and O–H groups in total. The number of ether oxygens (including phenoxy) is 1. The third-order valence-electron chi connectivity index (χ3n) is 4.65. The number of nitrogens with one attached hydrogen (secondary N) is 1. The van der Waals surface area contributed by atoms with Crippen molar-refractivity contribution in [1.29, 1.82) is 0 Å². The monoisotopic (exact) mass is 373 g/mol. The Balaban J connectivity index is 0.000000932. The number of hydrogen-bond donors (Lipinski definition) is 2. The summed E-state index contributed by atoms with van der Waals surface area (Å²) < 4.78 is 8.03. The van der Waals surface area contributed by atoms with Gasteiger partial charge in [-0.3, -0.25) is 0 Å². The van der Waals surface area contributed by atoms with Gasteiger partial charge in [-0.1, -0.05) is 32.0 Å². The van der Waals surface area contributed by atoms with Crippen molar-refractivity contribution in [2.75, 3.05) is 5.73 Å². The number of nitrogen functional groups attached to an aromatic ring is 1. The zero-order valence-corrected chi connectivity index (χ0v) is 16.0. The van der Waals surface area contributed by atoms with Gasteiger partial charge in [-0.2, -0.15) is 0 Å². The molecule has 1 aliphatic heterocycles. The SMILES string of the molecule is CC.Nc1ncnc2c3c(n(-c4ccc(Oc5ccccc5)cc4)c12)CNC3. The van der Waals surface area contributed by atoms with Gasteiger partial charge < -0.3 is 20.4 Å². The third kappa shape index (κ3) is 3.08. The molecule has 0 radical (unpaired) electrons. The summed E-state index contributed by atoms with van der Waals surface area (Å²) in [6.07, 6.45) is 1.53. The molecule has 0 aliphatic carbocycles. The van der Waals surface area contributed by atoms with Crippen molar-refractivity contribution in [2.45, 2.75) is 26.9 Å². The summed E-state index contributed by atoms with van der Waals surface area (Å²) in [6.45, 7) is 5.58. The van der Waals surface area contributed by atoms with E-state index in [-0.39, 0.29) is 0 Å². The summed E-state index contributed by atoms with van der Waals surface area (Å²) in [6, 6.07) is 17.7. The normalized spacial score (nSPS) is 12.4. The molecule has 0 saturated carbocycles. The van der Waals surface area contributed by atoms with Crippen LogP contribution in [0.15, 0.2) is 60.9 Å². The molecule has 0 atom stereocenters. The van der Waals surface area contributed by atoms with Crippen LogP contribution in [0.4, 0.5) is 5.82 Å². The summed E-state index contributed by atoms with van der Waals surface area (Å²) in [4.78, 5) is 8.64. The lowest BCUT2D eigenvalue weighted by Gasteiger charge is -2.12. The predicted octanol–water partition coefficient (Wildman–Crippen LogP) is 4.42. The summed E-state index contributed by atoms with van der Waals surface area (Å²) in [5.74, 6) is 2.10. The molecule has 3 heterocycles. The summed E-state index contributed by atoms with van der Waals surface area (Å²) in [5, 5.41) is 3.39. The van der Waals surface area contributed by atoms with Gasteiger partial charge in [-0.05, 0) is 36.4 Å². The Hall–Kier alpha value is -3.38. The largest absolute Gasteiger partial charge is 0.457 e. The zero-order valence-electron chi connectivity index (χ0n) is 16.0. The number of para-hydroxylation sites is 1. The fourth-order valence-corrected chi connectivity index (χ4v) is 3.49. The van der Waals surface area contributed by atoms with E-state index in [2.05, 4.69) is 19.9 Å². The van der Waals surface area contributed by atoms with Crippen LogP contribution in [0.2, 0.25) is 0 Å². The Bertz CT molecular complexity index is 1090. The number of nitrogens with two attached hydrogens (primary N) is 1. The topological polar surface area (TPSA) is 78.0 Å². The Labute approximate surface area is 164 Å².